The maximum Gasteiger partial charge on any atom is 0.205 e. The summed E-state index contributed by atoms with van der Waals surface area (Å²) >= 11 is 0. The van der Waals surface area contributed by atoms with Gasteiger partial charge < -0.3 is 4.90 Å². The third kappa shape index (κ3) is 3.95. The van der Waals surface area contributed by atoms with Gasteiger partial charge in [0, 0.05) is 24.1 Å². The van der Waals surface area contributed by atoms with Crippen LogP contribution in [-0.2, 0) is 0 Å². The number of benzene rings is 1. The number of pyridine rings is 1. The molecular weight excluding hydrogens is 398 g/mol. The quantitative estimate of drug-likeness (QED) is 0.560. The van der Waals surface area contributed by atoms with Crippen molar-refractivity contribution in [2.45, 2.75) is 48.5 Å². The monoisotopic (exact) mass is 429 g/mol. The van der Waals surface area contributed by atoms with Crippen molar-refractivity contribution in [1.29, 1.82) is 0 Å². The fourth-order valence-electron chi connectivity index (χ4n) is 3.85. The van der Waals surface area contributed by atoms with E-state index in [4.69, 9.17) is 15.1 Å². The topological polar surface area (TPSA) is 71.6 Å². The van der Waals surface area contributed by atoms with Crippen LogP contribution in [-0.4, -0.2) is 44.4 Å². The van der Waals surface area contributed by atoms with Gasteiger partial charge in [0.1, 0.15) is 11.5 Å². The number of aliphatic imine (C=N–C) groups is 1. The Hall–Kier alpha value is -3.35. The minimum Gasteiger partial charge on any atom is -0.357 e. The van der Waals surface area contributed by atoms with Gasteiger partial charge in [0.05, 0.1) is 17.1 Å². The van der Waals surface area contributed by atoms with Crippen LogP contribution in [0.15, 0.2) is 46.5 Å². The molecule has 0 radical (unpaired) electrons. The molecule has 7 nitrogen and oxygen atoms in total. The van der Waals surface area contributed by atoms with E-state index in [-0.39, 0.29) is 5.41 Å². The van der Waals surface area contributed by atoms with E-state index in [2.05, 4.69) is 68.8 Å². The molecule has 1 aliphatic heterocycles. The summed E-state index contributed by atoms with van der Waals surface area (Å²) in [5.41, 5.74) is 5.30. The lowest BCUT2D eigenvalue weighted by molar-refractivity contribution is 0.594. The number of hydrogen-bond donors (Lipinski definition) is 0. The molecule has 1 aliphatic rings. The van der Waals surface area contributed by atoms with Crippen molar-refractivity contribution in [2.24, 2.45) is 15.5 Å². The van der Waals surface area contributed by atoms with Gasteiger partial charge in [-0.1, -0.05) is 44.5 Å². The summed E-state index contributed by atoms with van der Waals surface area (Å²) in [5.74, 6) is 2.36. The average molecular weight is 430 g/mol. The van der Waals surface area contributed by atoms with Crippen LogP contribution in [0.4, 0.5) is 11.5 Å². The molecule has 1 aromatic carbocycles. The summed E-state index contributed by atoms with van der Waals surface area (Å²) < 4.78 is 1.82. The van der Waals surface area contributed by atoms with Gasteiger partial charge >= 0.3 is 0 Å². The van der Waals surface area contributed by atoms with E-state index in [9.17, 15) is 0 Å². The Kier molecular flexibility index (Phi) is 5.67. The van der Waals surface area contributed by atoms with Crippen molar-refractivity contribution in [1.82, 2.24) is 19.9 Å². The van der Waals surface area contributed by atoms with Crippen molar-refractivity contribution in [2.75, 3.05) is 18.0 Å². The van der Waals surface area contributed by atoms with Crippen LogP contribution in [0.25, 0.3) is 11.4 Å². The molecule has 7 heteroatoms. The number of hydrogen-bond acceptors (Lipinski definition) is 6. The molecule has 32 heavy (non-hydrogen) atoms. The number of anilines is 1. The summed E-state index contributed by atoms with van der Waals surface area (Å²) in [7, 11) is 0. The second-order valence-electron chi connectivity index (χ2n) is 9.13. The number of aryl methyl sites for hydroxylation is 2. The molecule has 0 amide bonds. The predicted octanol–water partition coefficient (Wildman–Crippen LogP) is 5.19. The van der Waals surface area contributed by atoms with Crippen molar-refractivity contribution in [3.8, 4) is 11.4 Å². The van der Waals surface area contributed by atoms with Gasteiger partial charge in [-0.15, -0.1) is 10.2 Å². The molecule has 0 N–H and O–H groups in total. The third-order valence-electron chi connectivity index (χ3n) is 5.63. The normalized spacial score (nSPS) is 14.6. The van der Waals surface area contributed by atoms with Crippen molar-refractivity contribution >= 4 is 22.9 Å². The molecule has 0 bridgehead atoms. The Bertz CT molecular complexity index is 1210. The van der Waals surface area contributed by atoms with Crippen molar-refractivity contribution in [3.63, 3.8) is 0 Å². The third-order valence-corrected chi connectivity index (χ3v) is 5.63. The summed E-state index contributed by atoms with van der Waals surface area (Å²) in [4.78, 5) is 12.0. The van der Waals surface area contributed by atoms with Crippen LogP contribution < -0.4 is 4.90 Å². The molecule has 3 heterocycles. The Labute approximate surface area is 189 Å². The molecule has 0 aliphatic carbocycles. The minimum absolute atomic E-state index is 0.202. The van der Waals surface area contributed by atoms with E-state index in [1.165, 1.54) is 5.56 Å². The molecule has 0 saturated heterocycles. The smallest absolute Gasteiger partial charge is 0.205 e. The Morgan fingerprint density at radius 1 is 0.969 bits per heavy atom. The van der Waals surface area contributed by atoms with Gasteiger partial charge in [-0.2, -0.15) is 9.78 Å². The highest BCUT2D eigenvalue weighted by molar-refractivity contribution is 6.50. The molecular formula is C25H31N7. The van der Waals surface area contributed by atoms with Crippen molar-refractivity contribution in [3.05, 3.63) is 53.5 Å². The second kappa shape index (κ2) is 8.30. The largest absolute Gasteiger partial charge is 0.357 e. The lowest BCUT2D eigenvalue weighted by Gasteiger charge is -2.20. The van der Waals surface area contributed by atoms with E-state index in [0.717, 1.165) is 53.1 Å². The molecule has 0 unspecified atom stereocenters. The Morgan fingerprint density at radius 3 is 2.31 bits per heavy atom. The van der Waals surface area contributed by atoms with E-state index in [0.29, 0.717) is 5.82 Å². The number of fused-ring (bicyclic) bond motifs is 1. The van der Waals surface area contributed by atoms with Crippen molar-refractivity contribution < 1.29 is 0 Å². The predicted molar refractivity (Wildman–Crippen MR) is 131 cm³/mol. The average Bonchev–Trinajstić information content (AvgIpc) is 3.31. The first-order valence-corrected chi connectivity index (χ1v) is 11.2. The molecule has 4 rings (SSSR count). The SMILES string of the molecule is CCN(CC)c1ccc(N=C2C(C(C)(C)C)=Nn3c2nnc3-c2cccc(C)c2)c(C)n1. The molecule has 3 aromatic rings. The van der Waals surface area contributed by atoms with Crippen LogP contribution in [0, 0.1) is 19.3 Å². The molecule has 166 valence electrons. The highest BCUT2D eigenvalue weighted by atomic mass is 15.5. The lowest BCUT2D eigenvalue weighted by atomic mass is 9.87. The van der Waals surface area contributed by atoms with Crippen LogP contribution in [0.2, 0.25) is 0 Å². The number of nitrogens with zero attached hydrogens (tertiary/aromatic N) is 7. The maximum atomic E-state index is 5.01. The standard InChI is InChI=1S/C25H31N7/c1-8-31(9-2)20-14-13-19(17(4)26-20)27-21-22(25(5,6)7)30-32-23(28-29-24(21)32)18-12-10-11-16(3)15-18/h10-15H,8-9H2,1-7H3. The zero-order valence-electron chi connectivity index (χ0n) is 20.0. The van der Waals surface area contributed by atoms with Gasteiger partial charge in [-0.25, -0.2) is 9.98 Å². The second-order valence-corrected chi connectivity index (χ2v) is 9.13. The van der Waals surface area contributed by atoms with Gasteiger partial charge in [0.15, 0.2) is 5.82 Å². The van der Waals surface area contributed by atoms with Crippen LogP contribution >= 0.6 is 0 Å². The summed E-state index contributed by atoms with van der Waals surface area (Å²) in [6, 6.07) is 12.3. The number of aromatic nitrogens is 4. The Morgan fingerprint density at radius 2 is 1.69 bits per heavy atom. The fourth-order valence-corrected chi connectivity index (χ4v) is 3.85. The molecule has 0 atom stereocenters. The first kappa shape index (κ1) is 21.9. The first-order chi connectivity index (χ1) is 15.2. The van der Waals surface area contributed by atoms with E-state index in [1.807, 2.05) is 35.9 Å². The zero-order chi connectivity index (χ0) is 23.0. The summed E-state index contributed by atoms with van der Waals surface area (Å²) in [6.45, 7) is 16.6. The molecule has 0 saturated carbocycles. The van der Waals surface area contributed by atoms with Gasteiger partial charge in [-0.05, 0) is 45.9 Å². The maximum absolute atomic E-state index is 5.01. The Balaban J connectivity index is 1.82. The number of rotatable bonds is 5. The van der Waals surface area contributed by atoms with Gasteiger partial charge in [0.2, 0.25) is 5.82 Å². The minimum atomic E-state index is -0.202. The summed E-state index contributed by atoms with van der Waals surface area (Å²) in [5, 5.41) is 13.8. The zero-order valence-corrected chi connectivity index (χ0v) is 20.0. The van der Waals surface area contributed by atoms with Gasteiger partial charge in [-0.3, -0.25) is 0 Å². The van der Waals surface area contributed by atoms with Gasteiger partial charge in [0.25, 0.3) is 0 Å². The van der Waals surface area contributed by atoms with Crippen LogP contribution in [0.5, 0.6) is 0 Å². The lowest BCUT2D eigenvalue weighted by Crippen LogP contribution is -2.27. The van der Waals surface area contributed by atoms with E-state index in [1.54, 1.807) is 0 Å². The van der Waals surface area contributed by atoms with E-state index >= 15 is 0 Å². The first-order valence-electron chi connectivity index (χ1n) is 11.2. The fraction of sp³-hybridized carbons (Fsp3) is 0.400. The molecule has 0 fully saturated rings. The van der Waals surface area contributed by atoms with E-state index < -0.39 is 0 Å². The highest BCUT2D eigenvalue weighted by Crippen LogP contribution is 2.31. The highest BCUT2D eigenvalue weighted by Gasteiger charge is 2.35. The van der Waals surface area contributed by atoms with Crippen LogP contribution in [0.1, 0.15) is 51.7 Å². The van der Waals surface area contributed by atoms with Crippen LogP contribution in [0.3, 0.4) is 0 Å². The molecule has 0 spiro atoms. The summed E-state index contributed by atoms with van der Waals surface area (Å²) in [6.07, 6.45) is 0. The molecule has 2 aromatic heterocycles.